The molecule has 0 aliphatic carbocycles. The zero-order chi connectivity index (χ0) is 41.9. The summed E-state index contributed by atoms with van der Waals surface area (Å²) in [6.45, 7) is 0. The van der Waals surface area contributed by atoms with E-state index in [1.165, 1.54) is 125 Å². The van der Waals surface area contributed by atoms with E-state index < -0.39 is 0 Å². The van der Waals surface area contributed by atoms with Gasteiger partial charge in [-0.05, 0) is 149 Å². The van der Waals surface area contributed by atoms with Crippen molar-refractivity contribution in [2.45, 2.75) is 0 Å². The van der Waals surface area contributed by atoms with Crippen LogP contribution in [-0.4, -0.2) is 9.13 Å². The monoisotopic (exact) mass is 810 g/mol. The van der Waals surface area contributed by atoms with Gasteiger partial charge in [0.25, 0.3) is 0 Å². The number of hydrogen-bond donors (Lipinski definition) is 0. The number of rotatable bonds is 4. The highest BCUT2D eigenvalue weighted by Crippen LogP contribution is 2.44. The Hall–Kier alpha value is -8.46. The Morgan fingerprint density at radius 3 is 1.30 bits per heavy atom. The Bertz CT molecular complexity index is 4240. The van der Waals surface area contributed by atoms with E-state index in [0.717, 1.165) is 5.69 Å². The third-order valence-corrected chi connectivity index (χ3v) is 13.8. The highest BCUT2D eigenvalue weighted by Gasteiger charge is 2.18. The molecule has 0 saturated carbocycles. The predicted octanol–water partition coefficient (Wildman–Crippen LogP) is 17.0. The van der Waals surface area contributed by atoms with Crippen LogP contribution in [0.2, 0.25) is 0 Å². The molecule has 14 aromatic rings. The van der Waals surface area contributed by atoms with E-state index in [1.54, 1.807) is 0 Å². The average Bonchev–Trinajstić information content (AvgIpc) is 3.88. The maximum absolute atomic E-state index is 2.44. The molecular weight excluding hydrogens is 773 g/mol. The minimum absolute atomic E-state index is 1.16. The second-order valence-electron chi connectivity index (χ2n) is 17.2. The van der Waals surface area contributed by atoms with Crippen molar-refractivity contribution in [3.05, 3.63) is 231 Å². The molecule has 14 rings (SSSR count). The molecule has 296 valence electrons. The summed E-state index contributed by atoms with van der Waals surface area (Å²) in [7, 11) is 0. The lowest BCUT2D eigenvalue weighted by atomic mass is 9.87. The summed E-state index contributed by atoms with van der Waals surface area (Å²) in [6.07, 6.45) is 0. The molecule has 0 unspecified atom stereocenters. The molecule has 0 spiro atoms. The van der Waals surface area contributed by atoms with Gasteiger partial charge in [0.05, 0.1) is 22.1 Å². The van der Waals surface area contributed by atoms with Crippen LogP contribution in [0.3, 0.4) is 0 Å². The summed E-state index contributed by atoms with van der Waals surface area (Å²) in [5.74, 6) is 0. The van der Waals surface area contributed by atoms with Gasteiger partial charge in [-0.15, -0.1) is 0 Å². The summed E-state index contributed by atoms with van der Waals surface area (Å²) in [6, 6.07) is 85.3. The van der Waals surface area contributed by atoms with Crippen LogP contribution in [-0.2, 0) is 0 Å². The van der Waals surface area contributed by atoms with E-state index in [4.69, 9.17) is 0 Å². The second-order valence-corrected chi connectivity index (χ2v) is 17.2. The van der Waals surface area contributed by atoms with E-state index in [0.29, 0.717) is 0 Å². The smallest absolute Gasteiger partial charge is 0.0541 e. The van der Waals surface area contributed by atoms with Crippen LogP contribution in [0.15, 0.2) is 231 Å². The average molecular weight is 811 g/mol. The van der Waals surface area contributed by atoms with Gasteiger partial charge in [-0.3, -0.25) is 0 Å². The Morgan fingerprint density at radius 1 is 0.219 bits per heavy atom. The molecular formula is C62H38N2. The molecule has 0 saturated heterocycles. The molecule has 2 aromatic heterocycles. The zero-order valence-corrected chi connectivity index (χ0v) is 34.8. The predicted molar refractivity (Wildman–Crippen MR) is 274 cm³/mol. The number of nitrogens with zero attached hydrogens (tertiary/aromatic N) is 2. The molecule has 12 aromatic carbocycles. The molecule has 0 bridgehead atoms. The lowest BCUT2D eigenvalue weighted by Gasteiger charge is -2.16. The molecule has 2 nitrogen and oxygen atoms in total. The van der Waals surface area contributed by atoms with Gasteiger partial charge in [0.15, 0.2) is 0 Å². The van der Waals surface area contributed by atoms with Crippen LogP contribution in [0.4, 0.5) is 0 Å². The van der Waals surface area contributed by atoms with Crippen molar-refractivity contribution in [3.8, 4) is 33.6 Å². The van der Waals surface area contributed by atoms with E-state index in [-0.39, 0.29) is 0 Å². The number of fused-ring (bicyclic) bond motifs is 15. The Balaban J connectivity index is 0.896. The third-order valence-electron chi connectivity index (χ3n) is 13.8. The number of aromatic nitrogens is 2. The largest absolute Gasteiger partial charge is 0.309 e. The van der Waals surface area contributed by atoms with Gasteiger partial charge >= 0.3 is 0 Å². The summed E-state index contributed by atoms with van der Waals surface area (Å²) in [5.41, 5.74) is 12.1. The Morgan fingerprint density at radius 2 is 0.656 bits per heavy atom. The molecule has 0 aliphatic rings. The van der Waals surface area contributed by atoms with Crippen molar-refractivity contribution < 1.29 is 0 Å². The van der Waals surface area contributed by atoms with Crippen LogP contribution in [0.25, 0.3) is 131 Å². The molecule has 64 heavy (non-hydrogen) atoms. The molecule has 0 amide bonds. The number of hydrogen-bond acceptors (Lipinski definition) is 0. The standard InChI is InChI=1S/C62H38N2/c1-2-14-44(15-3-1)63-58-24-12-10-20-50(58)55-36-41(29-32-60(55)63)42-30-33-61-56(37-42)51-21-11-13-25-59(51)64(61)45-31-28-39-34-43(27-26-40(39)35-45)54-38-57-48-18-5-4-16-46(48)47-17-6-8-22-52(47)62(57)53-23-9-7-19-49(53)54/h1-38H. The topological polar surface area (TPSA) is 9.86 Å². The molecule has 0 N–H and O–H groups in total. The molecule has 0 aliphatic heterocycles. The van der Waals surface area contributed by atoms with Gasteiger partial charge < -0.3 is 9.13 Å². The Kier molecular flexibility index (Phi) is 7.43. The SMILES string of the molecule is c1ccc(-n2c3ccccc3c3cc(-c4ccc5c(c4)c4ccccc4n5-c4ccc5cc(-c6cc7c8ccccc8c8ccccc8c7c7ccccc67)ccc5c4)ccc32)cc1. The van der Waals surface area contributed by atoms with Crippen LogP contribution in [0.1, 0.15) is 0 Å². The highest BCUT2D eigenvalue weighted by atomic mass is 15.0. The maximum Gasteiger partial charge on any atom is 0.0541 e. The van der Waals surface area contributed by atoms with Crippen molar-refractivity contribution in [2.75, 3.05) is 0 Å². The zero-order valence-electron chi connectivity index (χ0n) is 34.8. The third kappa shape index (κ3) is 5.08. The summed E-state index contributed by atoms with van der Waals surface area (Å²) in [5, 5.41) is 17.8. The first-order valence-electron chi connectivity index (χ1n) is 22.2. The van der Waals surface area contributed by atoms with Gasteiger partial charge in [-0.1, -0.05) is 158 Å². The van der Waals surface area contributed by atoms with E-state index >= 15 is 0 Å². The van der Waals surface area contributed by atoms with Crippen molar-refractivity contribution in [1.82, 2.24) is 9.13 Å². The normalized spacial score (nSPS) is 12.1. The maximum atomic E-state index is 2.44. The van der Waals surface area contributed by atoms with Gasteiger partial charge in [-0.2, -0.15) is 0 Å². The molecule has 0 atom stereocenters. The highest BCUT2D eigenvalue weighted by molar-refractivity contribution is 6.33. The van der Waals surface area contributed by atoms with Gasteiger partial charge in [-0.25, -0.2) is 0 Å². The van der Waals surface area contributed by atoms with Crippen molar-refractivity contribution in [1.29, 1.82) is 0 Å². The van der Waals surface area contributed by atoms with Gasteiger partial charge in [0, 0.05) is 32.9 Å². The summed E-state index contributed by atoms with van der Waals surface area (Å²) < 4.78 is 4.81. The lowest BCUT2D eigenvalue weighted by Crippen LogP contribution is -1.94. The summed E-state index contributed by atoms with van der Waals surface area (Å²) in [4.78, 5) is 0. The molecule has 2 heteroatoms. The fourth-order valence-corrected chi connectivity index (χ4v) is 11.0. The van der Waals surface area contributed by atoms with Crippen molar-refractivity contribution >= 4 is 97.5 Å². The van der Waals surface area contributed by atoms with Crippen LogP contribution >= 0.6 is 0 Å². The lowest BCUT2D eigenvalue weighted by molar-refractivity contribution is 1.18. The van der Waals surface area contributed by atoms with Crippen LogP contribution in [0, 0.1) is 0 Å². The fourth-order valence-electron chi connectivity index (χ4n) is 11.0. The van der Waals surface area contributed by atoms with E-state index in [1.807, 2.05) is 0 Å². The minimum atomic E-state index is 1.16. The first-order chi connectivity index (χ1) is 31.7. The number of benzene rings is 12. The Labute approximate surface area is 369 Å². The van der Waals surface area contributed by atoms with Crippen molar-refractivity contribution in [2.24, 2.45) is 0 Å². The minimum Gasteiger partial charge on any atom is -0.309 e. The molecule has 2 heterocycles. The first kappa shape index (κ1) is 35.2. The van der Waals surface area contributed by atoms with Gasteiger partial charge in [0.2, 0.25) is 0 Å². The molecule has 0 fully saturated rings. The molecule has 0 radical (unpaired) electrons. The van der Waals surface area contributed by atoms with Crippen molar-refractivity contribution in [3.63, 3.8) is 0 Å². The quantitative estimate of drug-likeness (QED) is 0.157. The van der Waals surface area contributed by atoms with E-state index in [2.05, 4.69) is 240 Å². The van der Waals surface area contributed by atoms with Crippen LogP contribution < -0.4 is 0 Å². The fraction of sp³-hybridized carbons (Fsp3) is 0. The van der Waals surface area contributed by atoms with E-state index in [9.17, 15) is 0 Å². The van der Waals surface area contributed by atoms with Crippen LogP contribution in [0.5, 0.6) is 0 Å². The first-order valence-corrected chi connectivity index (χ1v) is 22.2. The second kappa shape index (κ2) is 13.5. The van der Waals surface area contributed by atoms with Gasteiger partial charge in [0.1, 0.15) is 0 Å². The number of para-hydroxylation sites is 3. The summed E-state index contributed by atoms with van der Waals surface area (Å²) >= 11 is 0.